The number of carbonyl (C=O) groups excluding carboxylic acids is 1. The van der Waals surface area contributed by atoms with Crippen molar-refractivity contribution in [2.24, 2.45) is 0 Å². The van der Waals surface area contributed by atoms with Crippen LogP contribution in [0, 0.1) is 11.6 Å². The topological polar surface area (TPSA) is 42.4 Å². The second-order valence-electron chi connectivity index (χ2n) is 7.49. The van der Waals surface area contributed by atoms with E-state index >= 15 is 0 Å². The summed E-state index contributed by atoms with van der Waals surface area (Å²) in [5, 5.41) is 0.427. The summed E-state index contributed by atoms with van der Waals surface area (Å²) in [4.78, 5) is 19.3. The lowest BCUT2D eigenvalue weighted by atomic mass is 10.0. The van der Waals surface area contributed by atoms with Crippen LogP contribution in [0.4, 0.5) is 13.9 Å². The number of thiazole rings is 1. The number of amides is 1. The summed E-state index contributed by atoms with van der Waals surface area (Å²) in [6.45, 7) is 5.00. The average molecular weight is 416 g/mol. The first-order valence-corrected chi connectivity index (χ1v) is 10.5. The van der Waals surface area contributed by atoms with Crippen LogP contribution in [0.2, 0.25) is 0 Å². The van der Waals surface area contributed by atoms with Gasteiger partial charge in [-0.15, -0.1) is 0 Å². The van der Waals surface area contributed by atoms with E-state index in [9.17, 15) is 13.6 Å². The highest BCUT2D eigenvalue weighted by Crippen LogP contribution is 2.35. The third-order valence-corrected chi connectivity index (χ3v) is 6.17. The molecule has 0 aliphatic carbocycles. The van der Waals surface area contributed by atoms with Gasteiger partial charge in [0.25, 0.3) is 5.91 Å². The summed E-state index contributed by atoms with van der Waals surface area (Å²) >= 11 is 1.35. The number of rotatable bonds is 5. The third kappa shape index (κ3) is 3.89. The summed E-state index contributed by atoms with van der Waals surface area (Å²) in [5.41, 5.74) is 1.34. The predicted octanol–water partition coefficient (Wildman–Crippen LogP) is 5.52. The Balaban J connectivity index is 1.79. The van der Waals surface area contributed by atoms with Gasteiger partial charge in [0.15, 0.2) is 5.13 Å². The van der Waals surface area contributed by atoms with Gasteiger partial charge in [-0.2, -0.15) is 0 Å². The second kappa shape index (κ2) is 8.16. The Morgan fingerprint density at radius 2 is 1.97 bits per heavy atom. The molecular weight excluding hydrogens is 394 g/mol. The molecule has 4 rings (SSSR count). The van der Waals surface area contributed by atoms with Gasteiger partial charge in [0.1, 0.15) is 17.2 Å². The summed E-state index contributed by atoms with van der Waals surface area (Å²) in [6.07, 6.45) is 1.52. The SMILES string of the molecule is CC(C)c1cccc2sc(N(CC3CCCO3)C(=O)c3c(F)cccc3F)nc12. The molecule has 1 unspecified atom stereocenters. The number of para-hydroxylation sites is 1. The van der Waals surface area contributed by atoms with Crippen LogP contribution in [0.3, 0.4) is 0 Å². The fourth-order valence-electron chi connectivity index (χ4n) is 3.62. The average Bonchev–Trinajstić information content (AvgIpc) is 3.34. The molecule has 1 amide bonds. The van der Waals surface area contributed by atoms with E-state index in [1.54, 1.807) is 0 Å². The Morgan fingerprint density at radius 1 is 1.24 bits per heavy atom. The van der Waals surface area contributed by atoms with E-state index in [4.69, 9.17) is 9.72 Å². The Kier molecular flexibility index (Phi) is 5.61. The molecule has 0 spiro atoms. The number of hydrogen-bond acceptors (Lipinski definition) is 4. The molecule has 2 heterocycles. The molecule has 0 radical (unpaired) electrons. The number of fused-ring (bicyclic) bond motifs is 1. The number of ether oxygens (including phenoxy) is 1. The Morgan fingerprint density at radius 3 is 2.62 bits per heavy atom. The molecule has 1 saturated heterocycles. The van der Waals surface area contributed by atoms with Crippen LogP contribution < -0.4 is 4.90 Å². The summed E-state index contributed by atoms with van der Waals surface area (Å²) in [5.74, 6) is -2.23. The van der Waals surface area contributed by atoms with Gasteiger partial charge in [0, 0.05) is 6.61 Å². The van der Waals surface area contributed by atoms with Crippen LogP contribution in [0.15, 0.2) is 36.4 Å². The zero-order valence-corrected chi connectivity index (χ0v) is 17.1. The van der Waals surface area contributed by atoms with Crippen molar-refractivity contribution in [1.82, 2.24) is 4.98 Å². The molecule has 0 bridgehead atoms. The number of anilines is 1. The van der Waals surface area contributed by atoms with E-state index < -0.39 is 23.1 Å². The van der Waals surface area contributed by atoms with Gasteiger partial charge in [0.05, 0.1) is 22.9 Å². The molecule has 1 fully saturated rings. The van der Waals surface area contributed by atoms with E-state index in [0.717, 1.165) is 40.8 Å². The number of benzene rings is 2. The van der Waals surface area contributed by atoms with Crippen LogP contribution in [0.1, 0.15) is 48.5 Å². The van der Waals surface area contributed by atoms with Gasteiger partial charge >= 0.3 is 0 Å². The molecule has 1 atom stereocenters. The molecule has 7 heteroatoms. The largest absolute Gasteiger partial charge is 0.376 e. The van der Waals surface area contributed by atoms with Crippen molar-refractivity contribution in [3.63, 3.8) is 0 Å². The third-order valence-electron chi connectivity index (χ3n) is 5.12. The number of aromatic nitrogens is 1. The molecule has 4 nitrogen and oxygen atoms in total. The van der Waals surface area contributed by atoms with Gasteiger partial charge in [-0.1, -0.05) is 43.4 Å². The summed E-state index contributed by atoms with van der Waals surface area (Å²) in [7, 11) is 0. The highest BCUT2D eigenvalue weighted by Gasteiger charge is 2.30. The number of nitrogens with zero attached hydrogens (tertiary/aromatic N) is 2. The number of halogens is 2. The lowest BCUT2D eigenvalue weighted by Gasteiger charge is -2.23. The minimum Gasteiger partial charge on any atom is -0.376 e. The molecule has 1 aromatic heterocycles. The quantitative estimate of drug-likeness (QED) is 0.550. The van der Waals surface area contributed by atoms with Crippen molar-refractivity contribution < 1.29 is 18.3 Å². The lowest BCUT2D eigenvalue weighted by Crippen LogP contribution is -2.38. The molecule has 29 heavy (non-hydrogen) atoms. The van der Waals surface area contributed by atoms with Gasteiger partial charge in [-0.05, 0) is 42.5 Å². The van der Waals surface area contributed by atoms with Crippen molar-refractivity contribution in [3.8, 4) is 0 Å². The Hall–Kier alpha value is -2.38. The van der Waals surface area contributed by atoms with E-state index in [1.807, 2.05) is 18.2 Å². The minimum absolute atomic E-state index is 0.176. The lowest BCUT2D eigenvalue weighted by molar-refractivity contribution is 0.0910. The molecule has 1 aliphatic rings. The van der Waals surface area contributed by atoms with Crippen LogP contribution >= 0.6 is 11.3 Å². The number of carbonyl (C=O) groups is 1. The molecule has 1 aliphatic heterocycles. The molecule has 3 aromatic rings. The molecule has 0 saturated carbocycles. The minimum atomic E-state index is -0.878. The van der Waals surface area contributed by atoms with E-state index in [1.165, 1.54) is 22.3 Å². The summed E-state index contributed by atoms with van der Waals surface area (Å²) in [6, 6.07) is 9.35. The first-order chi connectivity index (χ1) is 14.0. The fourth-order valence-corrected chi connectivity index (χ4v) is 4.62. The predicted molar refractivity (Wildman–Crippen MR) is 111 cm³/mol. The van der Waals surface area contributed by atoms with Crippen molar-refractivity contribution in [2.75, 3.05) is 18.1 Å². The maximum Gasteiger partial charge on any atom is 0.266 e. The van der Waals surface area contributed by atoms with Crippen molar-refractivity contribution in [3.05, 3.63) is 59.2 Å². The highest BCUT2D eigenvalue weighted by atomic mass is 32.1. The van der Waals surface area contributed by atoms with Gasteiger partial charge < -0.3 is 4.74 Å². The standard InChI is InChI=1S/C22H22F2N2O2S/c1-13(2)15-7-3-10-18-20(15)25-22(29-18)26(12-14-6-5-11-28-14)21(27)19-16(23)8-4-9-17(19)24/h3-4,7-10,13-14H,5-6,11-12H2,1-2H3. The maximum absolute atomic E-state index is 14.3. The smallest absolute Gasteiger partial charge is 0.266 e. The fraction of sp³-hybridized carbons (Fsp3) is 0.364. The van der Waals surface area contributed by atoms with E-state index in [-0.39, 0.29) is 18.6 Å². The van der Waals surface area contributed by atoms with Crippen LogP contribution in [0.25, 0.3) is 10.2 Å². The zero-order valence-electron chi connectivity index (χ0n) is 16.3. The normalized spacial score (nSPS) is 16.7. The first-order valence-electron chi connectivity index (χ1n) is 9.72. The first kappa shape index (κ1) is 19.9. The van der Waals surface area contributed by atoms with Crippen molar-refractivity contribution >= 4 is 32.6 Å². The molecular formula is C22H22F2N2O2S. The molecule has 0 N–H and O–H groups in total. The van der Waals surface area contributed by atoms with Crippen LogP contribution in [-0.4, -0.2) is 30.1 Å². The highest BCUT2D eigenvalue weighted by molar-refractivity contribution is 7.22. The van der Waals surface area contributed by atoms with E-state index in [0.29, 0.717) is 11.7 Å². The van der Waals surface area contributed by atoms with Crippen molar-refractivity contribution in [2.45, 2.75) is 38.7 Å². The second-order valence-corrected chi connectivity index (χ2v) is 8.50. The molecule has 2 aromatic carbocycles. The van der Waals surface area contributed by atoms with Gasteiger partial charge in [-0.3, -0.25) is 9.69 Å². The van der Waals surface area contributed by atoms with Gasteiger partial charge in [0.2, 0.25) is 0 Å². The Labute approximate surface area is 172 Å². The van der Waals surface area contributed by atoms with Crippen LogP contribution in [0.5, 0.6) is 0 Å². The number of hydrogen-bond donors (Lipinski definition) is 0. The monoisotopic (exact) mass is 416 g/mol. The maximum atomic E-state index is 14.3. The Bertz CT molecular complexity index is 1020. The molecule has 152 valence electrons. The van der Waals surface area contributed by atoms with Gasteiger partial charge in [-0.25, -0.2) is 13.8 Å². The van der Waals surface area contributed by atoms with Crippen molar-refractivity contribution in [1.29, 1.82) is 0 Å². The summed E-state index contributed by atoms with van der Waals surface area (Å²) < 4.78 is 35.3. The zero-order chi connectivity index (χ0) is 20.5. The van der Waals surface area contributed by atoms with E-state index in [2.05, 4.69) is 13.8 Å². The van der Waals surface area contributed by atoms with Crippen LogP contribution in [-0.2, 0) is 4.74 Å².